The van der Waals surface area contributed by atoms with Crippen LogP contribution < -0.4 is 4.74 Å². The van der Waals surface area contributed by atoms with Crippen LogP contribution in [0.15, 0.2) is 53.0 Å². The molecule has 0 saturated heterocycles. The van der Waals surface area contributed by atoms with Crippen LogP contribution in [-0.4, -0.2) is 40.6 Å². The van der Waals surface area contributed by atoms with Crippen molar-refractivity contribution in [3.8, 4) is 5.75 Å². The number of ether oxygens (including phenoxy) is 2. The van der Waals surface area contributed by atoms with Gasteiger partial charge in [-0.15, -0.1) is 12.4 Å². The zero-order valence-corrected chi connectivity index (χ0v) is 20.0. The molecule has 1 aliphatic carbocycles. The van der Waals surface area contributed by atoms with Gasteiger partial charge in [0.1, 0.15) is 18.2 Å². The van der Waals surface area contributed by atoms with Crippen molar-refractivity contribution >= 4 is 39.4 Å². The third-order valence-corrected chi connectivity index (χ3v) is 6.20. The van der Waals surface area contributed by atoms with Crippen LogP contribution in [0.5, 0.6) is 5.75 Å². The van der Waals surface area contributed by atoms with Crippen LogP contribution in [-0.2, 0) is 11.3 Å². The van der Waals surface area contributed by atoms with E-state index in [9.17, 15) is 5.11 Å². The standard InChI is InChI=1S/C24H29BrN2O3.ClH/c25-19-10-12-21(13-11-19)30-15-14-29-17-20(28)16-27-23-9-5-4-8-22(23)26-24(27)18-6-2-1-3-7-18;/h4-5,8-13,18,20,28H,1-3,6-7,14-17H2;1H. The molecule has 1 atom stereocenters. The number of imidazole rings is 1. The SMILES string of the molecule is Cl.OC(COCCOc1ccc(Br)cc1)Cn1c(C2CCCCC2)nc2ccccc21. The minimum absolute atomic E-state index is 0. The van der Waals surface area contributed by atoms with Crippen LogP contribution >= 0.6 is 28.3 Å². The molecule has 5 nitrogen and oxygen atoms in total. The number of rotatable bonds is 9. The van der Waals surface area contributed by atoms with Gasteiger partial charge in [-0.05, 0) is 49.2 Å². The number of para-hydroxylation sites is 2. The zero-order chi connectivity index (χ0) is 20.8. The number of nitrogens with zero attached hydrogens (tertiary/aromatic N) is 2. The van der Waals surface area contributed by atoms with E-state index in [0.717, 1.165) is 27.1 Å². The lowest BCUT2D eigenvalue weighted by Gasteiger charge is -2.23. The van der Waals surface area contributed by atoms with Crippen molar-refractivity contribution in [2.75, 3.05) is 19.8 Å². The van der Waals surface area contributed by atoms with Crippen LogP contribution in [0, 0.1) is 0 Å². The van der Waals surface area contributed by atoms with Gasteiger partial charge in [-0.1, -0.05) is 47.3 Å². The molecule has 1 aromatic heterocycles. The molecule has 1 fully saturated rings. The van der Waals surface area contributed by atoms with E-state index in [1.807, 2.05) is 36.4 Å². The topological polar surface area (TPSA) is 56.5 Å². The molecule has 0 amide bonds. The summed E-state index contributed by atoms with van der Waals surface area (Å²) >= 11 is 3.41. The number of benzene rings is 2. The van der Waals surface area contributed by atoms with Crippen molar-refractivity contribution in [3.63, 3.8) is 0 Å². The van der Waals surface area contributed by atoms with Crippen molar-refractivity contribution in [2.24, 2.45) is 0 Å². The molecule has 31 heavy (non-hydrogen) atoms. The van der Waals surface area contributed by atoms with Gasteiger partial charge in [0.2, 0.25) is 0 Å². The molecule has 1 aliphatic rings. The van der Waals surface area contributed by atoms with Crippen LogP contribution in [0.1, 0.15) is 43.8 Å². The summed E-state index contributed by atoms with van der Waals surface area (Å²) in [5.74, 6) is 2.41. The van der Waals surface area contributed by atoms with Crippen LogP contribution in [0.25, 0.3) is 11.0 Å². The average Bonchev–Trinajstić information content (AvgIpc) is 3.14. The zero-order valence-electron chi connectivity index (χ0n) is 17.6. The molecule has 0 radical (unpaired) electrons. The minimum Gasteiger partial charge on any atom is -0.491 e. The number of halogens is 2. The van der Waals surface area contributed by atoms with Crippen molar-refractivity contribution in [1.29, 1.82) is 0 Å². The molecule has 1 saturated carbocycles. The number of aliphatic hydroxyl groups excluding tert-OH is 1. The van der Waals surface area contributed by atoms with Crippen molar-refractivity contribution in [3.05, 3.63) is 58.8 Å². The second-order valence-electron chi connectivity index (χ2n) is 7.94. The lowest BCUT2D eigenvalue weighted by atomic mass is 9.88. The number of fused-ring (bicyclic) bond motifs is 1. The second-order valence-corrected chi connectivity index (χ2v) is 8.85. The maximum Gasteiger partial charge on any atom is 0.119 e. The summed E-state index contributed by atoms with van der Waals surface area (Å²) in [6.07, 6.45) is 5.62. The maximum atomic E-state index is 10.6. The first-order valence-electron chi connectivity index (χ1n) is 10.8. The molecular formula is C24H30BrClN2O3. The normalized spacial score (nSPS) is 15.5. The Kier molecular flexibility index (Phi) is 9.20. The number of aliphatic hydroxyl groups is 1. The Morgan fingerprint density at radius 1 is 1.03 bits per heavy atom. The summed E-state index contributed by atoms with van der Waals surface area (Å²) in [5.41, 5.74) is 2.10. The maximum absolute atomic E-state index is 10.6. The molecule has 2 aromatic carbocycles. The van der Waals surface area contributed by atoms with Crippen LogP contribution in [0.3, 0.4) is 0 Å². The van der Waals surface area contributed by atoms with Gasteiger partial charge in [0.15, 0.2) is 0 Å². The smallest absolute Gasteiger partial charge is 0.119 e. The van der Waals surface area contributed by atoms with Crippen LogP contribution in [0.2, 0.25) is 0 Å². The highest BCUT2D eigenvalue weighted by Crippen LogP contribution is 2.34. The van der Waals surface area contributed by atoms with Crippen molar-refractivity contribution < 1.29 is 14.6 Å². The largest absolute Gasteiger partial charge is 0.491 e. The molecule has 1 N–H and O–H groups in total. The Bertz CT molecular complexity index is 942. The van der Waals surface area contributed by atoms with Gasteiger partial charge in [0.25, 0.3) is 0 Å². The Morgan fingerprint density at radius 3 is 2.55 bits per heavy atom. The lowest BCUT2D eigenvalue weighted by Crippen LogP contribution is -2.25. The lowest BCUT2D eigenvalue weighted by molar-refractivity contribution is 0.0173. The van der Waals surface area contributed by atoms with E-state index in [1.54, 1.807) is 0 Å². The molecule has 4 rings (SSSR count). The van der Waals surface area contributed by atoms with Crippen molar-refractivity contribution in [1.82, 2.24) is 9.55 Å². The highest BCUT2D eigenvalue weighted by atomic mass is 79.9. The van der Waals surface area contributed by atoms with E-state index in [1.165, 1.54) is 32.1 Å². The quantitative estimate of drug-likeness (QED) is 0.375. The van der Waals surface area contributed by atoms with E-state index in [-0.39, 0.29) is 19.0 Å². The summed E-state index contributed by atoms with van der Waals surface area (Å²) in [6.45, 7) is 1.67. The minimum atomic E-state index is -0.586. The second kappa shape index (κ2) is 11.9. The predicted molar refractivity (Wildman–Crippen MR) is 129 cm³/mol. The highest BCUT2D eigenvalue weighted by molar-refractivity contribution is 9.10. The molecule has 7 heteroatoms. The first-order valence-corrected chi connectivity index (χ1v) is 11.6. The number of hydrogen-bond acceptors (Lipinski definition) is 4. The van der Waals surface area contributed by atoms with E-state index in [2.05, 4.69) is 32.6 Å². The third kappa shape index (κ3) is 6.45. The van der Waals surface area contributed by atoms with Gasteiger partial charge >= 0.3 is 0 Å². The van der Waals surface area contributed by atoms with Gasteiger partial charge in [0.05, 0.1) is 36.9 Å². The fourth-order valence-electron chi connectivity index (χ4n) is 4.19. The predicted octanol–water partition coefficient (Wildman–Crippen LogP) is 5.72. The van der Waals surface area contributed by atoms with Gasteiger partial charge in [0, 0.05) is 10.4 Å². The Labute approximate surface area is 198 Å². The summed E-state index contributed by atoms with van der Waals surface area (Å²) in [6, 6.07) is 15.9. The average molecular weight is 510 g/mol. The summed E-state index contributed by atoms with van der Waals surface area (Å²) in [4.78, 5) is 4.93. The Balaban J connectivity index is 0.00000272. The van der Waals surface area contributed by atoms with Gasteiger partial charge in [-0.3, -0.25) is 0 Å². The molecule has 0 spiro atoms. The fraction of sp³-hybridized carbons (Fsp3) is 0.458. The fourth-order valence-corrected chi connectivity index (χ4v) is 4.45. The molecule has 168 valence electrons. The first-order chi connectivity index (χ1) is 14.7. The van der Waals surface area contributed by atoms with E-state index in [4.69, 9.17) is 14.5 Å². The van der Waals surface area contributed by atoms with Crippen LogP contribution in [0.4, 0.5) is 0 Å². The van der Waals surface area contributed by atoms with E-state index in [0.29, 0.717) is 25.7 Å². The highest BCUT2D eigenvalue weighted by Gasteiger charge is 2.23. The van der Waals surface area contributed by atoms with Gasteiger partial charge in [-0.25, -0.2) is 4.98 Å². The molecule has 1 unspecified atom stereocenters. The van der Waals surface area contributed by atoms with Gasteiger partial charge < -0.3 is 19.1 Å². The Morgan fingerprint density at radius 2 is 1.77 bits per heavy atom. The molecular weight excluding hydrogens is 480 g/mol. The number of hydrogen-bond donors (Lipinski definition) is 1. The van der Waals surface area contributed by atoms with Crippen molar-refractivity contribution in [2.45, 2.75) is 50.7 Å². The monoisotopic (exact) mass is 508 g/mol. The number of aromatic nitrogens is 2. The molecule has 0 aliphatic heterocycles. The summed E-state index contributed by atoms with van der Waals surface area (Å²) in [7, 11) is 0. The first kappa shape index (κ1) is 24.1. The third-order valence-electron chi connectivity index (χ3n) is 5.67. The summed E-state index contributed by atoms with van der Waals surface area (Å²) in [5, 5.41) is 10.6. The molecule has 0 bridgehead atoms. The summed E-state index contributed by atoms with van der Waals surface area (Å²) < 4.78 is 14.6. The van der Waals surface area contributed by atoms with E-state index < -0.39 is 6.10 Å². The van der Waals surface area contributed by atoms with Gasteiger partial charge in [-0.2, -0.15) is 0 Å². The van der Waals surface area contributed by atoms with E-state index >= 15 is 0 Å². The molecule has 1 heterocycles. The Hall–Kier alpha value is -1.60. The molecule has 3 aromatic rings.